The van der Waals surface area contributed by atoms with E-state index in [-0.39, 0.29) is 23.6 Å². The Hall–Kier alpha value is -3.59. The maximum Gasteiger partial charge on any atom is 0.262 e. The van der Waals surface area contributed by atoms with Crippen LogP contribution in [0, 0.1) is 25.2 Å². The van der Waals surface area contributed by atoms with Crippen molar-refractivity contribution in [3.63, 3.8) is 0 Å². The molecule has 2 aromatic heterocycles. The minimum atomic E-state index is -0.383. The summed E-state index contributed by atoms with van der Waals surface area (Å²) in [4.78, 5) is 12.7. The molecule has 2 heterocycles. The summed E-state index contributed by atoms with van der Waals surface area (Å²) in [5.41, 5.74) is 3.87. The largest absolute Gasteiger partial charge is 0.345 e. The van der Waals surface area contributed by atoms with Gasteiger partial charge in [-0.05, 0) is 57.9 Å². The molecule has 1 amide bonds. The van der Waals surface area contributed by atoms with Crippen LogP contribution in [0.1, 0.15) is 55.4 Å². The third kappa shape index (κ3) is 4.20. The third-order valence-corrected chi connectivity index (χ3v) is 5.15. The molecule has 0 spiro atoms. The number of carbonyl (C=O) groups excluding carboxylic acids is 1. The first-order chi connectivity index (χ1) is 14.3. The molecule has 3 rings (SSSR count). The smallest absolute Gasteiger partial charge is 0.262 e. The summed E-state index contributed by atoms with van der Waals surface area (Å²) >= 11 is 0. The van der Waals surface area contributed by atoms with Crippen LogP contribution >= 0.6 is 0 Å². The molecule has 0 aliphatic rings. The topological polar surface area (TPSA) is 75.6 Å². The van der Waals surface area contributed by atoms with Gasteiger partial charge in [0, 0.05) is 23.5 Å². The van der Waals surface area contributed by atoms with Crippen LogP contribution in [0.2, 0.25) is 0 Å². The number of hydrogen-bond donors (Lipinski definition) is 1. The van der Waals surface area contributed by atoms with E-state index in [2.05, 4.69) is 28.8 Å². The summed E-state index contributed by atoms with van der Waals surface area (Å²) in [5, 5.41) is 16.9. The number of amides is 1. The summed E-state index contributed by atoms with van der Waals surface area (Å²) in [5.74, 6) is 0.575. The minimum Gasteiger partial charge on any atom is -0.345 e. The summed E-state index contributed by atoms with van der Waals surface area (Å²) in [6.45, 7) is 10.1. The number of benzene rings is 1. The Balaban J connectivity index is 1.91. The maximum absolute atomic E-state index is 12.7. The van der Waals surface area contributed by atoms with Gasteiger partial charge in [-0.25, -0.2) is 4.68 Å². The highest BCUT2D eigenvalue weighted by Gasteiger charge is 2.18. The van der Waals surface area contributed by atoms with E-state index >= 15 is 0 Å². The fraction of sp³-hybridized carbons (Fsp3) is 0.292. The molecule has 0 aliphatic carbocycles. The molecule has 1 atom stereocenters. The first-order valence-corrected chi connectivity index (χ1v) is 10.0. The van der Waals surface area contributed by atoms with Crippen LogP contribution in [0.5, 0.6) is 0 Å². The molecule has 0 aliphatic heterocycles. The van der Waals surface area contributed by atoms with Crippen molar-refractivity contribution in [1.29, 1.82) is 5.26 Å². The number of carbonyl (C=O) groups is 1. The predicted octanol–water partition coefficient (Wildman–Crippen LogP) is 4.66. The van der Waals surface area contributed by atoms with E-state index in [4.69, 9.17) is 0 Å². The van der Waals surface area contributed by atoms with Gasteiger partial charge >= 0.3 is 0 Å². The van der Waals surface area contributed by atoms with Gasteiger partial charge in [-0.2, -0.15) is 10.4 Å². The van der Waals surface area contributed by atoms with E-state index < -0.39 is 0 Å². The third-order valence-electron chi connectivity index (χ3n) is 5.15. The number of nitriles is 1. The zero-order valence-corrected chi connectivity index (χ0v) is 18.0. The first-order valence-electron chi connectivity index (χ1n) is 10.0. The summed E-state index contributed by atoms with van der Waals surface area (Å²) in [7, 11) is 0. The van der Waals surface area contributed by atoms with Gasteiger partial charge < -0.3 is 9.88 Å². The molecule has 0 unspecified atom stereocenters. The molecule has 1 aromatic carbocycles. The Morgan fingerprint density at radius 2 is 1.87 bits per heavy atom. The zero-order chi connectivity index (χ0) is 21.8. The van der Waals surface area contributed by atoms with Gasteiger partial charge in [0.05, 0.1) is 12.2 Å². The fourth-order valence-corrected chi connectivity index (χ4v) is 3.57. The zero-order valence-electron chi connectivity index (χ0n) is 18.0. The second-order valence-electron chi connectivity index (χ2n) is 7.67. The molecule has 154 valence electrons. The molecule has 3 aromatic rings. The molecule has 0 fully saturated rings. The van der Waals surface area contributed by atoms with E-state index in [1.165, 1.54) is 0 Å². The first kappa shape index (κ1) is 21.1. The Kier molecular flexibility index (Phi) is 6.22. The number of hydrogen-bond acceptors (Lipinski definition) is 3. The van der Waals surface area contributed by atoms with Gasteiger partial charge in [0.1, 0.15) is 17.5 Å². The highest BCUT2D eigenvalue weighted by molar-refractivity contribution is 6.02. The maximum atomic E-state index is 12.7. The van der Waals surface area contributed by atoms with E-state index in [1.54, 1.807) is 12.3 Å². The van der Waals surface area contributed by atoms with E-state index in [1.807, 2.05) is 74.0 Å². The van der Waals surface area contributed by atoms with Crippen molar-refractivity contribution in [2.24, 2.45) is 0 Å². The van der Waals surface area contributed by atoms with E-state index in [0.717, 1.165) is 28.3 Å². The lowest BCUT2D eigenvalue weighted by molar-refractivity contribution is -0.117. The van der Waals surface area contributed by atoms with Gasteiger partial charge in [0.2, 0.25) is 0 Å². The van der Waals surface area contributed by atoms with Gasteiger partial charge in [-0.3, -0.25) is 4.79 Å². The van der Waals surface area contributed by atoms with Gasteiger partial charge in [-0.1, -0.05) is 30.3 Å². The Morgan fingerprint density at radius 1 is 1.17 bits per heavy atom. The molecule has 0 bridgehead atoms. The standard InChI is InChI=1S/C24H27N5O/c1-16(2)29-23(11-12-26-29)28-17(3)13-21(19(28)5)14-22(15-25)24(30)27-18(4)20-9-7-6-8-10-20/h6-14,16,18H,1-5H3,(H,27,30)/b22-14+/t18-/m1/s1. The number of aromatic nitrogens is 3. The van der Waals surface area contributed by atoms with Gasteiger partial charge in [0.25, 0.3) is 5.91 Å². The fourth-order valence-electron chi connectivity index (χ4n) is 3.57. The van der Waals surface area contributed by atoms with Crippen molar-refractivity contribution >= 4 is 12.0 Å². The Morgan fingerprint density at radius 3 is 2.50 bits per heavy atom. The minimum absolute atomic E-state index is 0.0791. The molecule has 30 heavy (non-hydrogen) atoms. The van der Waals surface area contributed by atoms with Crippen molar-refractivity contribution in [3.8, 4) is 11.9 Å². The molecular formula is C24H27N5O. The van der Waals surface area contributed by atoms with Crippen LogP contribution < -0.4 is 5.32 Å². The number of rotatable bonds is 6. The molecule has 1 N–H and O–H groups in total. The van der Waals surface area contributed by atoms with Crippen LogP contribution in [-0.4, -0.2) is 20.3 Å². The van der Waals surface area contributed by atoms with Crippen LogP contribution in [0.3, 0.4) is 0 Å². The lowest BCUT2D eigenvalue weighted by atomic mass is 10.1. The van der Waals surface area contributed by atoms with Crippen LogP contribution in [0.15, 0.2) is 54.2 Å². The van der Waals surface area contributed by atoms with E-state index in [9.17, 15) is 10.1 Å². The lowest BCUT2D eigenvalue weighted by Crippen LogP contribution is -2.27. The summed E-state index contributed by atoms with van der Waals surface area (Å²) < 4.78 is 4.05. The average molecular weight is 402 g/mol. The summed E-state index contributed by atoms with van der Waals surface area (Å²) in [6.07, 6.45) is 3.44. The summed E-state index contributed by atoms with van der Waals surface area (Å²) in [6, 6.07) is 15.7. The molecule has 0 saturated carbocycles. The van der Waals surface area contributed by atoms with Crippen molar-refractivity contribution in [3.05, 3.63) is 76.7 Å². The molecule has 6 nitrogen and oxygen atoms in total. The van der Waals surface area contributed by atoms with Crippen molar-refractivity contribution in [1.82, 2.24) is 19.7 Å². The lowest BCUT2D eigenvalue weighted by Gasteiger charge is -2.15. The second kappa shape index (κ2) is 8.83. The normalized spacial score (nSPS) is 12.6. The second-order valence-corrected chi connectivity index (χ2v) is 7.67. The SMILES string of the molecule is Cc1cc(/C=C(\C#N)C(=O)N[C@H](C)c2ccccc2)c(C)n1-c1ccnn1C(C)C. The van der Waals surface area contributed by atoms with Crippen molar-refractivity contribution in [2.75, 3.05) is 0 Å². The highest BCUT2D eigenvalue weighted by Crippen LogP contribution is 2.24. The molecule has 6 heteroatoms. The van der Waals surface area contributed by atoms with Crippen LogP contribution in [0.25, 0.3) is 11.9 Å². The molecule has 0 radical (unpaired) electrons. The average Bonchev–Trinajstić information content (AvgIpc) is 3.30. The number of nitrogens with zero attached hydrogens (tertiary/aromatic N) is 4. The quantitative estimate of drug-likeness (QED) is 0.482. The monoisotopic (exact) mass is 401 g/mol. The van der Waals surface area contributed by atoms with Crippen molar-refractivity contribution in [2.45, 2.75) is 46.7 Å². The highest BCUT2D eigenvalue weighted by atomic mass is 16.1. The van der Waals surface area contributed by atoms with Crippen molar-refractivity contribution < 1.29 is 4.79 Å². The number of aryl methyl sites for hydroxylation is 1. The number of nitrogens with one attached hydrogen (secondary N) is 1. The predicted molar refractivity (Wildman–Crippen MR) is 118 cm³/mol. The Bertz CT molecular complexity index is 1110. The van der Waals surface area contributed by atoms with Gasteiger partial charge in [0.15, 0.2) is 0 Å². The molecule has 0 saturated heterocycles. The van der Waals surface area contributed by atoms with Crippen LogP contribution in [-0.2, 0) is 4.79 Å². The van der Waals surface area contributed by atoms with Crippen LogP contribution in [0.4, 0.5) is 0 Å². The van der Waals surface area contributed by atoms with Gasteiger partial charge in [-0.15, -0.1) is 0 Å². The Labute approximate surface area is 177 Å². The van der Waals surface area contributed by atoms with E-state index in [0.29, 0.717) is 0 Å². The molecular weight excluding hydrogens is 374 g/mol.